The van der Waals surface area contributed by atoms with Crippen LogP contribution in [-0.2, 0) is 5.75 Å². The van der Waals surface area contributed by atoms with Crippen LogP contribution in [0.15, 0.2) is 34.3 Å². The number of aromatic nitrogens is 3. The first-order valence-electron chi connectivity index (χ1n) is 3.95. The highest BCUT2D eigenvalue weighted by atomic mass is 32.2. The van der Waals surface area contributed by atoms with Crippen molar-refractivity contribution in [3.63, 3.8) is 0 Å². The largest absolute Gasteiger partial charge is 0.397 e. The zero-order valence-electron chi connectivity index (χ0n) is 7.25. The van der Waals surface area contributed by atoms with E-state index in [4.69, 9.17) is 5.73 Å². The molecule has 2 aromatic rings. The highest BCUT2D eigenvalue weighted by Crippen LogP contribution is 2.23. The summed E-state index contributed by atoms with van der Waals surface area (Å²) in [6, 6.07) is 3.61. The number of hydrogen-bond acceptors (Lipinski definition) is 6. The van der Waals surface area contributed by atoms with E-state index in [0.717, 1.165) is 5.03 Å². The SMILES string of the molecule is Nc1cccnc1SCc1ncon1. The maximum atomic E-state index is 5.71. The molecule has 2 rings (SSSR count). The third kappa shape index (κ3) is 2.02. The van der Waals surface area contributed by atoms with E-state index in [2.05, 4.69) is 19.6 Å². The first kappa shape index (κ1) is 9.01. The molecule has 2 heterocycles. The molecule has 0 aliphatic rings. The Labute approximate surface area is 84.7 Å². The molecule has 0 aromatic carbocycles. The summed E-state index contributed by atoms with van der Waals surface area (Å²) >= 11 is 1.48. The molecule has 14 heavy (non-hydrogen) atoms. The lowest BCUT2D eigenvalue weighted by Crippen LogP contribution is -1.91. The van der Waals surface area contributed by atoms with E-state index in [0.29, 0.717) is 17.3 Å². The molecule has 0 saturated heterocycles. The quantitative estimate of drug-likeness (QED) is 0.767. The second-order valence-corrected chi connectivity index (χ2v) is 3.50. The van der Waals surface area contributed by atoms with Crippen LogP contribution in [0.5, 0.6) is 0 Å². The van der Waals surface area contributed by atoms with Crippen molar-refractivity contribution in [2.75, 3.05) is 5.73 Å². The molecule has 0 fully saturated rings. The van der Waals surface area contributed by atoms with E-state index in [-0.39, 0.29) is 0 Å². The number of hydrogen-bond donors (Lipinski definition) is 1. The second kappa shape index (κ2) is 4.10. The van der Waals surface area contributed by atoms with Crippen molar-refractivity contribution in [1.82, 2.24) is 15.1 Å². The lowest BCUT2D eigenvalue weighted by atomic mass is 10.4. The summed E-state index contributed by atoms with van der Waals surface area (Å²) in [7, 11) is 0. The minimum atomic E-state index is 0.609. The van der Waals surface area contributed by atoms with E-state index >= 15 is 0 Å². The minimum Gasteiger partial charge on any atom is -0.397 e. The number of nitrogens with two attached hydrogens (primary N) is 1. The van der Waals surface area contributed by atoms with Gasteiger partial charge in [-0.3, -0.25) is 0 Å². The molecule has 0 saturated carbocycles. The minimum absolute atomic E-state index is 0.609. The molecule has 72 valence electrons. The number of thioether (sulfide) groups is 1. The lowest BCUT2D eigenvalue weighted by molar-refractivity contribution is 0.412. The lowest BCUT2D eigenvalue weighted by Gasteiger charge is -2.00. The fourth-order valence-electron chi connectivity index (χ4n) is 0.913. The maximum Gasteiger partial charge on any atom is 0.213 e. The summed E-state index contributed by atoms with van der Waals surface area (Å²) < 4.78 is 4.61. The van der Waals surface area contributed by atoms with Crippen molar-refractivity contribution in [3.05, 3.63) is 30.5 Å². The maximum absolute atomic E-state index is 5.71. The standard InChI is InChI=1S/C8H8N4OS/c9-6-2-1-3-10-8(6)14-4-7-11-5-13-12-7/h1-3,5H,4,9H2. The molecule has 0 aliphatic carbocycles. The molecule has 0 unspecified atom stereocenters. The van der Waals surface area contributed by atoms with Crippen molar-refractivity contribution in [1.29, 1.82) is 0 Å². The molecular formula is C8H8N4OS. The van der Waals surface area contributed by atoms with Crippen molar-refractivity contribution < 1.29 is 4.52 Å². The summed E-state index contributed by atoms with van der Waals surface area (Å²) in [5.41, 5.74) is 6.38. The highest BCUT2D eigenvalue weighted by Gasteiger charge is 2.03. The van der Waals surface area contributed by atoms with Crippen molar-refractivity contribution >= 4 is 17.4 Å². The summed E-state index contributed by atoms with van der Waals surface area (Å²) in [5.74, 6) is 1.25. The number of anilines is 1. The molecule has 0 spiro atoms. The third-order valence-corrected chi connectivity index (χ3v) is 2.56. The van der Waals surface area contributed by atoms with E-state index in [1.54, 1.807) is 12.3 Å². The Morgan fingerprint density at radius 2 is 2.36 bits per heavy atom. The van der Waals surface area contributed by atoms with E-state index in [9.17, 15) is 0 Å². The van der Waals surface area contributed by atoms with E-state index < -0.39 is 0 Å². The van der Waals surface area contributed by atoms with Gasteiger partial charge in [-0.05, 0) is 12.1 Å². The van der Waals surface area contributed by atoms with Crippen LogP contribution in [0, 0.1) is 0 Å². The van der Waals surface area contributed by atoms with Crippen LogP contribution in [0.1, 0.15) is 5.82 Å². The van der Waals surface area contributed by atoms with Gasteiger partial charge in [-0.25, -0.2) is 4.98 Å². The predicted molar refractivity (Wildman–Crippen MR) is 52.5 cm³/mol. The molecule has 6 heteroatoms. The molecule has 5 nitrogen and oxygen atoms in total. The first-order valence-corrected chi connectivity index (χ1v) is 4.93. The van der Waals surface area contributed by atoms with Gasteiger partial charge in [0.2, 0.25) is 6.39 Å². The summed E-state index contributed by atoms with van der Waals surface area (Å²) in [6.07, 6.45) is 3.01. The van der Waals surface area contributed by atoms with Crippen LogP contribution >= 0.6 is 11.8 Å². The van der Waals surface area contributed by atoms with Crippen LogP contribution in [0.25, 0.3) is 0 Å². The number of rotatable bonds is 3. The Bertz CT molecular complexity index is 403. The van der Waals surface area contributed by atoms with Gasteiger partial charge in [0.05, 0.1) is 11.4 Å². The first-order chi connectivity index (χ1) is 6.86. The summed E-state index contributed by atoms with van der Waals surface area (Å²) in [4.78, 5) is 8.02. The van der Waals surface area contributed by atoms with Crippen molar-refractivity contribution in [2.24, 2.45) is 0 Å². The van der Waals surface area contributed by atoms with Gasteiger partial charge in [-0.2, -0.15) is 4.98 Å². The van der Waals surface area contributed by atoms with Crippen LogP contribution in [0.3, 0.4) is 0 Å². The van der Waals surface area contributed by atoms with Gasteiger partial charge in [0.15, 0.2) is 5.82 Å². The molecule has 0 bridgehead atoms. The fourth-order valence-corrected chi connectivity index (χ4v) is 1.68. The van der Waals surface area contributed by atoms with Gasteiger partial charge >= 0.3 is 0 Å². The molecule has 0 radical (unpaired) electrons. The monoisotopic (exact) mass is 208 g/mol. The zero-order chi connectivity index (χ0) is 9.80. The fraction of sp³-hybridized carbons (Fsp3) is 0.125. The van der Waals surface area contributed by atoms with Gasteiger partial charge in [0, 0.05) is 6.20 Å². The van der Waals surface area contributed by atoms with Crippen LogP contribution in [-0.4, -0.2) is 15.1 Å². The van der Waals surface area contributed by atoms with Crippen LogP contribution in [0.4, 0.5) is 5.69 Å². The molecule has 0 atom stereocenters. The Kier molecular flexibility index (Phi) is 2.64. The Balaban J connectivity index is 2.02. The van der Waals surface area contributed by atoms with Gasteiger partial charge < -0.3 is 10.3 Å². The average molecular weight is 208 g/mol. The number of nitrogens with zero attached hydrogens (tertiary/aromatic N) is 3. The van der Waals surface area contributed by atoms with Gasteiger partial charge in [0.25, 0.3) is 0 Å². The second-order valence-electron chi connectivity index (χ2n) is 2.53. The molecular weight excluding hydrogens is 200 g/mol. The molecule has 2 N–H and O–H groups in total. The summed E-state index contributed by atoms with van der Waals surface area (Å²) in [5, 5.41) is 4.47. The smallest absolute Gasteiger partial charge is 0.213 e. The Morgan fingerprint density at radius 1 is 1.43 bits per heavy atom. The topological polar surface area (TPSA) is 77.8 Å². The van der Waals surface area contributed by atoms with Crippen molar-refractivity contribution in [2.45, 2.75) is 10.8 Å². The van der Waals surface area contributed by atoms with E-state index in [1.165, 1.54) is 18.2 Å². The highest BCUT2D eigenvalue weighted by molar-refractivity contribution is 7.98. The van der Waals surface area contributed by atoms with Gasteiger partial charge in [-0.1, -0.05) is 16.9 Å². The van der Waals surface area contributed by atoms with Gasteiger partial charge in [-0.15, -0.1) is 0 Å². The van der Waals surface area contributed by atoms with E-state index in [1.807, 2.05) is 6.07 Å². The average Bonchev–Trinajstić information content (AvgIpc) is 2.69. The summed E-state index contributed by atoms with van der Waals surface area (Å²) in [6.45, 7) is 0. The van der Waals surface area contributed by atoms with Crippen LogP contribution < -0.4 is 5.73 Å². The number of nitrogen functional groups attached to an aromatic ring is 1. The third-order valence-electron chi connectivity index (χ3n) is 1.55. The number of pyridine rings is 1. The molecule has 0 amide bonds. The predicted octanol–water partition coefficient (Wildman–Crippen LogP) is 1.34. The van der Waals surface area contributed by atoms with Gasteiger partial charge in [0.1, 0.15) is 5.03 Å². The Hall–Kier alpha value is -1.56. The van der Waals surface area contributed by atoms with Crippen LogP contribution in [0.2, 0.25) is 0 Å². The van der Waals surface area contributed by atoms with Crippen molar-refractivity contribution in [3.8, 4) is 0 Å². The Morgan fingerprint density at radius 3 is 3.07 bits per heavy atom. The zero-order valence-corrected chi connectivity index (χ0v) is 8.07. The normalized spacial score (nSPS) is 10.3. The molecule has 2 aromatic heterocycles. The molecule has 0 aliphatic heterocycles.